The molecule has 0 N–H and O–H groups in total. The molecule has 0 saturated heterocycles. The van der Waals surface area contributed by atoms with Gasteiger partial charge in [-0.2, -0.15) is 0 Å². The van der Waals surface area contributed by atoms with Crippen LogP contribution in [0.5, 0.6) is 0 Å². The first kappa shape index (κ1) is 16.2. The molecule has 1 nitrogen and oxygen atoms in total. The molecule has 0 spiro atoms. The van der Waals surface area contributed by atoms with Gasteiger partial charge in [0.2, 0.25) is 0 Å². The Balaban J connectivity index is 2.13. The second kappa shape index (κ2) is 10.00. The zero-order chi connectivity index (χ0) is 13.9. The van der Waals surface area contributed by atoms with Crippen LogP contribution in [0.15, 0.2) is 24.3 Å². The molecule has 1 fully saturated rings. The molecule has 0 bridgehead atoms. The lowest BCUT2D eigenvalue weighted by Crippen LogP contribution is -2.17. The van der Waals surface area contributed by atoms with Gasteiger partial charge in [0.25, 0.3) is 0 Å². The second-order valence-corrected chi connectivity index (χ2v) is 5.86. The summed E-state index contributed by atoms with van der Waals surface area (Å²) in [5.74, 6) is 0.829. The molecule has 1 rings (SSSR count). The summed E-state index contributed by atoms with van der Waals surface area (Å²) in [4.78, 5) is 12.1. The monoisotopic (exact) mass is 262 g/mol. The van der Waals surface area contributed by atoms with Crippen LogP contribution in [0.25, 0.3) is 0 Å². The molecule has 0 heterocycles. The third kappa shape index (κ3) is 7.34. The molecule has 0 radical (unpaired) electrons. The van der Waals surface area contributed by atoms with Crippen LogP contribution in [0.2, 0.25) is 0 Å². The molecule has 1 saturated carbocycles. The summed E-state index contributed by atoms with van der Waals surface area (Å²) >= 11 is 0. The first-order valence-corrected chi connectivity index (χ1v) is 8.11. The fraction of sp³-hybridized carbons (Fsp3) is 0.722. The maximum Gasteiger partial charge on any atom is 0.136 e. The number of rotatable bonds is 9. The minimum absolute atomic E-state index is 0.357. The minimum Gasteiger partial charge on any atom is -0.299 e. The van der Waals surface area contributed by atoms with Crippen molar-refractivity contribution in [2.45, 2.75) is 77.6 Å². The SMILES string of the molecule is C=C(/C=C/CCCCC)CCC(=O)C1CCCCC1. The van der Waals surface area contributed by atoms with Crippen LogP contribution in [0.4, 0.5) is 0 Å². The van der Waals surface area contributed by atoms with E-state index in [1.807, 2.05) is 0 Å². The summed E-state index contributed by atoms with van der Waals surface area (Å²) in [7, 11) is 0. The summed E-state index contributed by atoms with van der Waals surface area (Å²) in [5.41, 5.74) is 1.11. The Hall–Kier alpha value is -0.850. The van der Waals surface area contributed by atoms with Crippen LogP contribution < -0.4 is 0 Å². The van der Waals surface area contributed by atoms with Crippen molar-refractivity contribution in [3.8, 4) is 0 Å². The Kier molecular flexibility index (Phi) is 8.53. The molecular formula is C18H30O. The highest BCUT2D eigenvalue weighted by atomic mass is 16.1. The average molecular weight is 262 g/mol. The van der Waals surface area contributed by atoms with Gasteiger partial charge in [-0.3, -0.25) is 4.79 Å². The van der Waals surface area contributed by atoms with E-state index in [9.17, 15) is 4.79 Å². The van der Waals surface area contributed by atoms with Crippen LogP contribution in [-0.4, -0.2) is 5.78 Å². The molecule has 0 atom stereocenters. The molecule has 0 aromatic heterocycles. The van der Waals surface area contributed by atoms with Crippen molar-refractivity contribution in [2.24, 2.45) is 5.92 Å². The lowest BCUT2D eigenvalue weighted by molar-refractivity contribution is -0.123. The molecule has 0 aromatic carbocycles. The van der Waals surface area contributed by atoms with Gasteiger partial charge >= 0.3 is 0 Å². The van der Waals surface area contributed by atoms with Crippen molar-refractivity contribution in [3.05, 3.63) is 24.3 Å². The number of allylic oxidation sites excluding steroid dienone is 3. The Morgan fingerprint density at radius 1 is 1.16 bits per heavy atom. The fourth-order valence-corrected chi connectivity index (χ4v) is 2.76. The number of unbranched alkanes of at least 4 members (excludes halogenated alkanes) is 3. The maximum atomic E-state index is 12.1. The van der Waals surface area contributed by atoms with Gasteiger partial charge in [0, 0.05) is 12.3 Å². The number of carbonyl (C=O) groups excluding carboxylic acids is 1. The smallest absolute Gasteiger partial charge is 0.136 e. The van der Waals surface area contributed by atoms with E-state index in [0.29, 0.717) is 18.1 Å². The highest BCUT2D eigenvalue weighted by Gasteiger charge is 2.20. The van der Waals surface area contributed by atoms with Crippen LogP contribution in [0, 0.1) is 5.92 Å². The second-order valence-electron chi connectivity index (χ2n) is 5.86. The van der Waals surface area contributed by atoms with E-state index >= 15 is 0 Å². The molecule has 1 heteroatoms. The summed E-state index contributed by atoms with van der Waals surface area (Å²) < 4.78 is 0. The summed E-state index contributed by atoms with van der Waals surface area (Å²) in [6.45, 7) is 6.27. The van der Waals surface area contributed by atoms with Crippen molar-refractivity contribution < 1.29 is 4.79 Å². The molecule has 1 aliphatic rings. The standard InChI is InChI=1S/C18H30O/c1-3-4-5-6-8-11-16(2)14-15-18(19)17-12-9-7-10-13-17/h8,11,17H,2-7,9-10,12-15H2,1H3/b11-8+. The van der Waals surface area contributed by atoms with Gasteiger partial charge in [-0.15, -0.1) is 0 Å². The van der Waals surface area contributed by atoms with E-state index in [4.69, 9.17) is 0 Å². The quantitative estimate of drug-likeness (QED) is 0.390. The van der Waals surface area contributed by atoms with Crippen molar-refractivity contribution >= 4 is 5.78 Å². The number of hydrogen-bond donors (Lipinski definition) is 0. The first-order valence-electron chi connectivity index (χ1n) is 8.11. The zero-order valence-electron chi connectivity index (χ0n) is 12.6. The molecule has 0 aliphatic heterocycles. The van der Waals surface area contributed by atoms with Gasteiger partial charge < -0.3 is 0 Å². The molecule has 0 amide bonds. The largest absolute Gasteiger partial charge is 0.299 e. The Morgan fingerprint density at radius 2 is 1.89 bits per heavy atom. The first-order chi connectivity index (χ1) is 9.24. The van der Waals surface area contributed by atoms with Gasteiger partial charge in [-0.25, -0.2) is 0 Å². The lowest BCUT2D eigenvalue weighted by atomic mass is 9.84. The van der Waals surface area contributed by atoms with Crippen LogP contribution >= 0.6 is 0 Å². The van der Waals surface area contributed by atoms with Crippen molar-refractivity contribution in [1.29, 1.82) is 0 Å². The minimum atomic E-state index is 0.357. The van der Waals surface area contributed by atoms with Crippen LogP contribution in [0.3, 0.4) is 0 Å². The molecular weight excluding hydrogens is 232 g/mol. The Labute approximate surface area is 119 Å². The molecule has 0 aromatic rings. The summed E-state index contributed by atoms with van der Waals surface area (Å²) in [6.07, 6.45) is 16.9. The van der Waals surface area contributed by atoms with E-state index in [2.05, 4.69) is 25.7 Å². The van der Waals surface area contributed by atoms with E-state index in [1.54, 1.807) is 0 Å². The Bertz CT molecular complexity index is 295. The molecule has 108 valence electrons. The van der Waals surface area contributed by atoms with Gasteiger partial charge in [0.15, 0.2) is 0 Å². The highest BCUT2D eigenvalue weighted by Crippen LogP contribution is 2.26. The van der Waals surface area contributed by atoms with E-state index in [0.717, 1.165) is 31.3 Å². The third-order valence-electron chi connectivity index (χ3n) is 4.08. The third-order valence-corrected chi connectivity index (χ3v) is 4.08. The summed E-state index contributed by atoms with van der Waals surface area (Å²) in [6, 6.07) is 0. The molecule has 0 unspecified atom stereocenters. The van der Waals surface area contributed by atoms with Crippen molar-refractivity contribution in [1.82, 2.24) is 0 Å². The highest BCUT2D eigenvalue weighted by molar-refractivity contribution is 5.81. The van der Waals surface area contributed by atoms with E-state index < -0.39 is 0 Å². The number of hydrogen-bond acceptors (Lipinski definition) is 1. The van der Waals surface area contributed by atoms with Crippen molar-refractivity contribution in [2.75, 3.05) is 0 Å². The van der Waals surface area contributed by atoms with Crippen molar-refractivity contribution in [3.63, 3.8) is 0 Å². The average Bonchev–Trinajstić information content (AvgIpc) is 2.45. The maximum absolute atomic E-state index is 12.1. The van der Waals surface area contributed by atoms with Gasteiger partial charge in [0.05, 0.1) is 0 Å². The van der Waals surface area contributed by atoms with Crippen LogP contribution in [0.1, 0.15) is 77.6 Å². The van der Waals surface area contributed by atoms with Crippen LogP contribution in [-0.2, 0) is 4.79 Å². The Morgan fingerprint density at radius 3 is 2.58 bits per heavy atom. The number of ketones is 1. The topological polar surface area (TPSA) is 17.1 Å². The number of carbonyl (C=O) groups is 1. The lowest BCUT2D eigenvalue weighted by Gasteiger charge is -2.20. The predicted octanol–water partition coefficient (Wildman–Crippen LogP) is 5.61. The number of Topliss-reactive ketones (excluding diaryl/α,β-unsaturated/α-hetero) is 1. The molecule has 1 aliphatic carbocycles. The van der Waals surface area contributed by atoms with Gasteiger partial charge in [-0.05, 0) is 32.1 Å². The zero-order valence-corrected chi connectivity index (χ0v) is 12.6. The van der Waals surface area contributed by atoms with E-state index in [1.165, 1.54) is 38.5 Å². The van der Waals surface area contributed by atoms with Gasteiger partial charge in [0.1, 0.15) is 5.78 Å². The van der Waals surface area contributed by atoms with E-state index in [-0.39, 0.29) is 0 Å². The van der Waals surface area contributed by atoms with Gasteiger partial charge in [-0.1, -0.05) is 63.3 Å². The predicted molar refractivity (Wildman–Crippen MR) is 83.2 cm³/mol. The normalized spacial score (nSPS) is 16.9. The summed E-state index contributed by atoms with van der Waals surface area (Å²) in [5, 5.41) is 0. The fourth-order valence-electron chi connectivity index (χ4n) is 2.76. The molecule has 19 heavy (non-hydrogen) atoms.